The maximum Gasteiger partial charge on any atom is 0.271 e. The summed E-state index contributed by atoms with van der Waals surface area (Å²) in [5, 5.41) is 23.3. The summed E-state index contributed by atoms with van der Waals surface area (Å²) >= 11 is 0. The van der Waals surface area contributed by atoms with E-state index in [0.717, 1.165) is 31.4 Å². The average molecular weight is 251 g/mol. The predicted octanol–water partition coefficient (Wildman–Crippen LogP) is 1.89. The van der Waals surface area contributed by atoms with Crippen molar-refractivity contribution in [2.45, 2.75) is 37.8 Å². The fourth-order valence-electron chi connectivity index (χ4n) is 2.24. The molecule has 18 heavy (non-hydrogen) atoms. The van der Waals surface area contributed by atoms with Crippen LogP contribution < -0.4 is 11.1 Å². The number of non-ortho nitro benzene ring substituents is 1. The van der Waals surface area contributed by atoms with E-state index in [9.17, 15) is 15.2 Å². The van der Waals surface area contributed by atoms with Crippen LogP contribution in [0.2, 0.25) is 0 Å². The first-order chi connectivity index (χ1) is 8.56. The van der Waals surface area contributed by atoms with Crippen LogP contribution >= 0.6 is 0 Å². The molecule has 0 amide bonds. The standard InChI is InChI=1S/C12H17N3O3/c13-11-7-9(15(17)18)3-6-12(11)14-8-1-4-10(16)5-2-8/h3,6-8,10,14,16H,1-2,4-5,13H2. The minimum absolute atomic E-state index is 0.00267. The molecule has 6 nitrogen and oxygen atoms in total. The summed E-state index contributed by atoms with van der Waals surface area (Å²) in [4.78, 5) is 10.1. The Kier molecular flexibility index (Phi) is 3.66. The number of benzene rings is 1. The first-order valence-electron chi connectivity index (χ1n) is 6.05. The number of hydrogen-bond acceptors (Lipinski definition) is 5. The number of nitrogen functional groups attached to an aromatic ring is 1. The molecule has 1 aromatic carbocycles. The van der Waals surface area contributed by atoms with Crippen LogP contribution in [0.1, 0.15) is 25.7 Å². The molecule has 0 spiro atoms. The van der Waals surface area contributed by atoms with Gasteiger partial charge in [-0.05, 0) is 31.7 Å². The Hall–Kier alpha value is -1.82. The first kappa shape index (κ1) is 12.6. The zero-order chi connectivity index (χ0) is 13.1. The SMILES string of the molecule is Nc1cc([N+](=O)[O-])ccc1NC1CCC(O)CC1. The van der Waals surface area contributed by atoms with Gasteiger partial charge in [0.1, 0.15) is 0 Å². The molecule has 0 atom stereocenters. The molecule has 6 heteroatoms. The highest BCUT2D eigenvalue weighted by atomic mass is 16.6. The third-order valence-corrected chi connectivity index (χ3v) is 3.30. The van der Waals surface area contributed by atoms with Crippen molar-refractivity contribution in [1.29, 1.82) is 0 Å². The highest BCUT2D eigenvalue weighted by Gasteiger charge is 2.20. The second-order valence-corrected chi connectivity index (χ2v) is 4.68. The molecular weight excluding hydrogens is 234 g/mol. The molecule has 1 saturated carbocycles. The smallest absolute Gasteiger partial charge is 0.271 e. The van der Waals surface area contributed by atoms with Crippen molar-refractivity contribution in [3.05, 3.63) is 28.3 Å². The van der Waals surface area contributed by atoms with E-state index in [1.54, 1.807) is 6.07 Å². The van der Waals surface area contributed by atoms with Gasteiger partial charge < -0.3 is 16.2 Å². The summed E-state index contributed by atoms with van der Waals surface area (Å²) in [5.74, 6) is 0. The fraction of sp³-hybridized carbons (Fsp3) is 0.500. The number of rotatable bonds is 3. The zero-order valence-electron chi connectivity index (χ0n) is 10.0. The highest BCUT2D eigenvalue weighted by molar-refractivity contribution is 5.69. The van der Waals surface area contributed by atoms with Crippen LogP contribution in [0.25, 0.3) is 0 Å². The van der Waals surface area contributed by atoms with Gasteiger partial charge in [-0.2, -0.15) is 0 Å². The normalized spacial score (nSPS) is 23.6. The quantitative estimate of drug-likeness (QED) is 0.432. The molecule has 1 aromatic rings. The van der Waals surface area contributed by atoms with Crippen molar-refractivity contribution in [1.82, 2.24) is 0 Å². The van der Waals surface area contributed by atoms with E-state index in [4.69, 9.17) is 5.73 Å². The Balaban J connectivity index is 2.03. The molecule has 0 heterocycles. The Labute approximate surface area is 105 Å². The van der Waals surface area contributed by atoms with Crippen molar-refractivity contribution >= 4 is 17.1 Å². The van der Waals surface area contributed by atoms with Gasteiger partial charge in [0, 0.05) is 18.2 Å². The van der Waals surface area contributed by atoms with Crippen molar-refractivity contribution in [2.24, 2.45) is 0 Å². The summed E-state index contributed by atoms with van der Waals surface area (Å²) in [6.45, 7) is 0. The van der Waals surface area contributed by atoms with Gasteiger partial charge in [-0.3, -0.25) is 10.1 Å². The van der Waals surface area contributed by atoms with Crippen LogP contribution in [0.3, 0.4) is 0 Å². The zero-order valence-corrected chi connectivity index (χ0v) is 10.0. The van der Waals surface area contributed by atoms with Gasteiger partial charge >= 0.3 is 0 Å². The predicted molar refractivity (Wildman–Crippen MR) is 69.4 cm³/mol. The molecule has 2 rings (SSSR count). The fourth-order valence-corrected chi connectivity index (χ4v) is 2.24. The van der Waals surface area contributed by atoms with Gasteiger partial charge in [0.05, 0.1) is 22.4 Å². The van der Waals surface area contributed by atoms with E-state index < -0.39 is 4.92 Å². The van der Waals surface area contributed by atoms with E-state index >= 15 is 0 Å². The van der Waals surface area contributed by atoms with E-state index in [1.165, 1.54) is 12.1 Å². The molecule has 1 aliphatic carbocycles. The lowest BCUT2D eigenvalue weighted by Crippen LogP contribution is -2.28. The molecule has 98 valence electrons. The Morgan fingerprint density at radius 1 is 1.33 bits per heavy atom. The van der Waals surface area contributed by atoms with Crippen LogP contribution in [-0.4, -0.2) is 22.2 Å². The number of nitro groups is 1. The Morgan fingerprint density at radius 2 is 2.00 bits per heavy atom. The molecule has 0 aromatic heterocycles. The van der Waals surface area contributed by atoms with Crippen LogP contribution in [0, 0.1) is 10.1 Å². The Morgan fingerprint density at radius 3 is 2.56 bits per heavy atom. The number of nitro benzene ring substituents is 1. The average Bonchev–Trinajstić information content (AvgIpc) is 2.34. The number of aliphatic hydroxyl groups excluding tert-OH is 1. The molecule has 1 aliphatic rings. The maximum atomic E-state index is 10.6. The highest BCUT2D eigenvalue weighted by Crippen LogP contribution is 2.28. The summed E-state index contributed by atoms with van der Waals surface area (Å²) in [5.41, 5.74) is 6.89. The third-order valence-electron chi connectivity index (χ3n) is 3.30. The van der Waals surface area contributed by atoms with Crippen LogP contribution in [-0.2, 0) is 0 Å². The van der Waals surface area contributed by atoms with Crippen molar-refractivity contribution in [3.63, 3.8) is 0 Å². The van der Waals surface area contributed by atoms with Gasteiger partial charge in [0.25, 0.3) is 5.69 Å². The molecule has 1 fully saturated rings. The van der Waals surface area contributed by atoms with Crippen molar-refractivity contribution in [3.8, 4) is 0 Å². The summed E-state index contributed by atoms with van der Waals surface area (Å²) in [6, 6.07) is 4.71. The minimum atomic E-state index is -0.461. The molecule has 0 saturated heterocycles. The van der Waals surface area contributed by atoms with Crippen molar-refractivity contribution in [2.75, 3.05) is 11.1 Å². The number of anilines is 2. The molecular formula is C12H17N3O3. The third kappa shape index (κ3) is 2.89. The van der Waals surface area contributed by atoms with E-state index in [-0.39, 0.29) is 17.8 Å². The maximum absolute atomic E-state index is 10.6. The van der Waals surface area contributed by atoms with Gasteiger partial charge in [-0.15, -0.1) is 0 Å². The van der Waals surface area contributed by atoms with Crippen LogP contribution in [0.15, 0.2) is 18.2 Å². The number of aliphatic hydroxyl groups is 1. The lowest BCUT2D eigenvalue weighted by atomic mass is 9.93. The minimum Gasteiger partial charge on any atom is -0.397 e. The summed E-state index contributed by atoms with van der Waals surface area (Å²) < 4.78 is 0. The molecule has 0 radical (unpaired) electrons. The second kappa shape index (κ2) is 5.22. The van der Waals surface area contributed by atoms with E-state index in [1.807, 2.05) is 0 Å². The van der Waals surface area contributed by atoms with Gasteiger partial charge in [-0.25, -0.2) is 0 Å². The van der Waals surface area contributed by atoms with Crippen molar-refractivity contribution < 1.29 is 10.0 Å². The van der Waals surface area contributed by atoms with Crippen LogP contribution in [0.5, 0.6) is 0 Å². The second-order valence-electron chi connectivity index (χ2n) is 4.68. The number of hydrogen-bond donors (Lipinski definition) is 3. The Bertz CT molecular complexity index is 442. The molecule has 4 N–H and O–H groups in total. The monoisotopic (exact) mass is 251 g/mol. The summed E-state index contributed by atoms with van der Waals surface area (Å²) in [7, 11) is 0. The largest absolute Gasteiger partial charge is 0.397 e. The number of nitrogens with two attached hydrogens (primary N) is 1. The molecule has 0 bridgehead atoms. The van der Waals surface area contributed by atoms with Gasteiger partial charge in [-0.1, -0.05) is 0 Å². The lowest BCUT2D eigenvalue weighted by Gasteiger charge is -2.27. The number of nitrogens with one attached hydrogen (secondary N) is 1. The lowest BCUT2D eigenvalue weighted by molar-refractivity contribution is -0.384. The molecule has 0 aliphatic heterocycles. The van der Waals surface area contributed by atoms with Gasteiger partial charge in [0.15, 0.2) is 0 Å². The van der Waals surface area contributed by atoms with Gasteiger partial charge in [0.2, 0.25) is 0 Å². The van der Waals surface area contributed by atoms with Crippen LogP contribution in [0.4, 0.5) is 17.1 Å². The first-order valence-corrected chi connectivity index (χ1v) is 6.05. The molecule has 0 unspecified atom stereocenters. The van der Waals surface area contributed by atoms with E-state index in [2.05, 4.69) is 5.32 Å². The summed E-state index contributed by atoms with van der Waals surface area (Å²) in [6.07, 6.45) is 3.14. The topological polar surface area (TPSA) is 101 Å². The van der Waals surface area contributed by atoms with E-state index in [0.29, 0.717) is 5.69 Å². The number of nitrogens with zero attached hydrogens (tertiary/aromatic N) is 1.